The van der Waals surface area contributed by atoms with Gasteiger partial charge in [-0.3, -0.25) is 4.68 Å². The molecule has 0 N–H and O–H groups in total. The fourth-order valence-electron chi connectivity index (χ4n) is 3.01. The van der Waals surface area contributed by atoms with E-state index < -0.39 is 0 Å². The van der Waals surface area contributed by atoms with Crippen LogP contribution in [0.3, 0.4) is 0 Å². The van der Waals surface area contributed by atoms with Gasteiger partial charge in [-0.1, -0.05) is 6.92 Å². The molecule has 1 aliphatic rings. The zero-order valence-electron chi connectivity index (χ0n) is 13.8. The summed E-state index contributed by atoms with van der Waals surface area (Å²) in [5.74, 6) is 0.799. The van der Waals surface area contributed by atoms with Gasteiger partial charge in [-0.2, -0.15) is 5.10 Å². The number of rotatable bonds is 9. The smallest absolute Gasteiger partial charge is 0.0518 e. The van der Waals surface area contributed by atoms with Crippen LogP contribution in [0.4, 0.5) is 0 Å². The average Bonchev–Trinajstić information content (AvgIpc) is 2.90. The van der Waals surface area contributed by atoms with Crippen LogP contribution >= 0.6 is 0 Å². The van der Waals surface area contributed by atoms with Gasteiger partial charge >= 0.3 is 0 Å². The van der Waals surface area contributed by atoms with Crippen molar-refractivity contribution in [1.29, 1.82) is 0 Å². The van der Waals surface area contributed by atoms with Crippen molar-refractivity contribution in [2.45, 2.75) is 52.5 Å². The first-order valence-electron chi connectivity index (χ1n) is 8.57. The number of likely N-dealkylation sites (tertiary alicyclic amines) is 1. The maximum atomic E-state index is 5.53. The normalized spacial score (nSPS) is 17.4. The fraction of sp³-hybridized carbons (Fsp3) is 0.824. The summed E-state index contributed by atoms with van der Waals surface area (Å²) in [4.78, 5) is 2.62. The van der Waals surface area contributed by atoms with Crippen molar-refractivity contribution >= 4 is 0 Å². The van der Waals surface area contributed by atoms with Crippen LogP contribution in [0.5, 0.6) is 0 Å². The van der Waals surface area contributed by atoms with Crippen LogP contribution in [0.15, 0.2) is 12.4 Å². The Morgan fingerprint density at radius 3 is 2.71 bits per heavy atom. The maximum Gasteiger partial charge on any atom is 0.0518 e. The van der Waals surface area contributed by atoms with Crippen molar-refractivity contribution in [3.8, 4) is 0 Å². The quantitative estimate of drug-likeness (QED) is 0.655. The molecule has 1 aromatic rings. The number of unbranched alkanes of at least 4 members (excludes halogenated alkanes) is 1. The van der Waals surface area contributed by atoms with E-state index >= 15 is 0 Å². The fourth-order valence-corrected chi connectivity index (χ4v) is 3.01. The van der Waals surface area contributed by atoms with E-state index in [-0.39, 0.29) is 0 Å². The van der Waals surface area contributed by atoms with E-state index in [0.29, 0.717) is 0 Å². The molecule has 1 aromatic heterocycles. The van der Waals surface area contributed by atoms with E-state index in [2.05, 4.69) is 34.7 Å². The SMILES string of the molecule is CCCOCCCCN1CCC(Cn2cc(C)cn2)CC1. The van der Waals surface area contributed by atoms with Gasteiger partial charge in [0.2, 0.25) is 0 Å². The van der Waals surface area contributed by atoms with Gasteiger partial charge in [0.25, 0.3) is 0 Å². The molecule has 0 unspecified atom stereocenters. The third-order valence-corrected chi connectivity index (χ3v) is 4.28. The molecule has 0 aromatic carbocycles. The molecule has 0 aliphatic carbocycles. The Kier molecular flexibility index (Phi) is 7.24. The first-order valence-corrected chi connectivity index (χ1v) is 8.57. The van der Waals surface area contributed by atoms with E-state index in [9.17, 15) is 0 Å². The first kappa shape index (κ1) is 16.5. The van der Waals surface area contributed by atoms with Crippen LogP contribution in [0.2, 0.25) is 0 Å². The maximum absolute atomic E-state index is 5.53. The summed E-state index contributed by atoms with van der Waals surface area (Å²) < 4.78 is 7.64. The molecule has 0 atom stereocenters. The molecular weight excluding hydrogens is 262 g/mol. The first-order chi connectivity index (χ1) is 10.3. The van der Waals surface area contributed by atoms with Gasteiger partial charge in [0.1, 0.15) is 0 Å². The molecule has 1 aliphatic heterocycles. The van der Waals surface area contributed by atoms with Crippen LogP contribution in [0.1, 0.15) is 44.6 Å². The van der Waals surface area contributed by atoms with E-state index in [1.54, 1.807) is 0 Å². The van der Waals surface area contributed by atoms with Crippen LogP contribution in [-0.4, -0.2) is 47.5 Å². The van der Waals surface area contributed by atoms with E-state index in [1.165, 1.54) is 50.9 Å². The van der Waals surface area contributed by atoms with Gasteiger partial charge in [-0.05, 0) is 70.1 Å². The van der Waals surface area contributed by atoms with Crippen molar-refractivity contribution in [1.82, 2.24) is 14.7 Å². The minimum Gasteiger partial charge on any atom is -0.381 e. The highest BCUT2D eigenvalue weighted by atomic mass is 16.5. The van der Waals surface area contributed by atoms with Gasteiger partial charge in [0.05, 0.1) is 6.20 Å². The van der Waals surface area contributed by atoms with E-state index in [4.69, 9.17) is 4.74 Å². The monoisotopic (exact) mass is 293 g/mol. The number of ether oxygens (including phenoxy) is 1. The molecule has 120 valence electrons. The molecule has 1 fully saturated rings. The predicted molar refractivity (Wildman–Crippen MR) is 86.5 cm³/mol. The minimum atomic E-state index is 0.799. The largest absolute Gasteiger partial charge is 0.381 e. The summed E-state index contributed by atoms with van der Waals surface area (Å²) >= 11 is 0. The molecule has 0 radical (unpaired) electrons. The zero-order chi connectivity index (χ0) is 14.9. The Labute approximate surface area is 129 Å². The third kappa shape index (κ3) is 6.18. The molecule has 2 rings (SSSR count). The minimum absolute atomic E-state index is 0.799. The molecule has 4 heteroatoms. The molecule has 4 nitrogen and oxygen atoms in total. The highest BCUT2D eigenvalue weighted by Crippen LogP contribution is 2.19. The van der Waals surface area contributed by atoms with Crippen molar-refractivity contribution < 1.29 is 4.74 Å². The van der Waals surface area contributed by atoms with Gasteiger partial charge in [-0.25, -0.2) is 0 Å². The van der Waals surface area contributed by atoms with Crippen LogP contribution in [0.25, 0.3) is 0 Å². The van der Waals surface area contributed by atoms with Gasteiger partial charge in [0, 0.05) is 26.0 Å². The summed E-state index contributed by atoms with van der Waals surface area (Å²) in [6, 6.07) is 0. The lowest BCUT2D eigenvalue weighted by molar-refractivity contribution is 0.122. The Hall–Kier alpha value is -0.870. The Bertz CT molecular complexity index is 383. The zero-order valence-corrected chi connectivity index (χ0v) is 13.8. The van der Waals surface area contributed by atoms with Gasteiger partial charge < -0.3 is 9.64 Å². The molecule has 0 saturated carbocycles. The van der Waals surface area contributed by atoms with Crippen molar-refractivity contribution in [2.75, 3.05) is 32.8 Å². The highest BCUT2D eigenvalue weighted by molar-refractivity contribution is 4.99. The molecule has 1 saturated heterocycles. The molecule has 0 bridgehead atoms. The highest BCUT2D eigenvalue weighted by Gasteiger charge is 2.19. The van der Waals surface area contributed by atoms with Crippen molar-refractivity contribution in [2.24, 2.45) is 5.92 Å². The standard InChI is InChI=1S/C17H31N3O/c1-3-11-21-12-5-4-8-19-9-6-17(7-10-19)15-20-14-16(2)13-18-20/h13-14,17H,3-12,15H2,1-2H3. The predicted octanol–water partition coefficient (Wildman–Crippen LogP) is 3.11. The molecule has 2 heterocycles. The Balaban J connectivity index is 1.54. The van der Waals surface area contributed by atoms with Crippen LogP contribution in [-0.2, 0) is 11.3 Å². The lowest BCUT2D eigenvalue weighted by Gasteiger charge is -2.31. The van der Waals surface area contributed by atoms with E-state index in [1.807, 2.05) is 6.20 Å². The van der Waals surface area contributed by atoms with Crippen LogP contribution in [0, 0.1) is 12.8 Å². The third-order valence-electron chi connectivity index (χ3n) is 4.28. The molecule has 21 heavy (non-hydrogen) atoms. The molecule has 0 spiro atoms. The molecular formula is C17H31N3O. The summed E-state index contributed by atoms with van der Waals surface area (Å²) in [5.41, 5.74) is 1.26. The van der Waals surface area contributed by atoms with Crippen molar-refractivity contribution in [3.05, 3.63) is 18.0 Å². The number of aromatic nitrogens is 2. The van der Waals surface area contributed by atoms with Gasteiger partial charge in [0.15, 0.2) is 0 Å². The Morgan fingerprint density at radius 1 is 1.24 bits per heavy atom. The number of hydrogen-bond donors (Lipinski definition) is 0. The summed E-state index contributed by atoms with van der Waals surface area (Å²) in [7, 11) is 0. The topological polar surface area (TPSA) is 30.3 Å². The Morgan fingerprint density at radius 2 is 2.05 bits per heavy atom. The number of piperidine rings is 1. The lowest BCUT2D eigenvalue weighted by atomic mass is 9.96. The second-order valence-electron chi connectivity index (χ2n) is 6.34. The lowest BCUT2D eigenvalue weighted by Crippen LogP contribution is -2.35. The summed E-state index contributed by atoms with van der Waals surface area (Å²) in [5, 5.41) is 4.40. The van der Waals surface area contributed by atoms with Gasteiger partial charge in [-0.15, -0.1) is 0 Å². The second-order valence-corrected chi connectivity index (χ2v) is 6.34. The second kappa shape index (κ2) is 9.21. The van der Waals surface area contributed by atoms with Crippen molar-refractivity contribution in [3.63, 3.8) is 0 Å². The molecule has 0 amide bonds. The van der Waals surface area contributed by atoms with E-state index in [0.717, 1.165) is 32.1 Å². The number of hydrogen-bond acceptors (Lipinski definition) is 3. The average molecular weight is 293 g/mol. The van der Waals surface area contributed by atoms with Crippen LogP contribution < -0.4 is 0 Å². The summed E-state index contributed by atoms with van der Waals surface area (Å²) in [6.07, 6.45) is 10.3. The number of aryl methyl sites for hydroxylation is 1. The number of nitrogens with zero attached hydrogens (tertiary/aromatic N) is 3. The summed E-state index contributed by atoms with van der Waals surface area (Å²) in [6.45, 7) is 10.9.